The molecule has 8 aromatic rings. The Morgan fingerprint density at radius 2 is 1.25 bits per heavy atom. The first-order valence-corrected chi connectivity index (χ1v) is 20.0. The van der Waals surface area contributed by atoms with E-state index in [-0.39, 0.29) is 24.6 Å². The number of nitrogens with one attached hydrogen (secondary N) is 1. The number of carboxylic acid groups (broad SMARTS) is 1. The minimum Gasteiger partial charge on any atom is -0.481 e. The van der Waals surface area contributed by atoms with Crippen LogP contribution in [-0.2, 0) is 33.6 Å². The third kappa shape index (κ3) is 12.2. The Bertz CT molecular complexity index is 2750. The quantitative estimate of drug-likeness (QED) is 0.106. The summed E-state index contributed by atoms with van der Waals surface area (Å²) in [5.41, 5.74) is 17.7. The lowest BCUT2D eigenvalue weighted by Crippen LogP contribution is -2.27. The predicted octanol–water partition coefficient (Wildman–Crippen LogP) is 8.49. The number of aryl methyl sites for hydroxylation is 2. The zero-order valence-corrected chi connectivity index (χ0v) is 34.9. The van der Waals surface area contributed by atoms with Crippen LogP contribution in [-0.4, -0.2) is 58.9 Å². The molecule has 0 radical (unpaired) electrons. The minimum atomic E-state index is -0.883. The molecule has 4 aromatic carbocycles. The van der Waals surface area contributed by atoms with Gasteiger partial charge in [-0.15, -0.1) is 15.3 Å². The summed E-state index contributed by atoms with van der Waals surface area (Å²) in [5.74, 6) is 0.340. The van der Waals surface area contributed by atoms with Gasteiger partial charge >= 0.3 is 18.1 Å². The van der Waals surface area contributed by atoms with E-state index in [2.05, 4.69) is 35.7 Å². The number of benzene rings is 4. The fourth-order valence-electron chi connectivity index (χ4n) is 5.44. The Labute approximate surface area is 351 Å². The number of hydrogen-bond donors (Lipinski definition) is 4. The van der Waals surface area contributed by atoms with E-state index in [4.69, 9.17) is 30.1 Å². The van der Waals surface area contributed by atoms with Crippen LogP contribution in [0.2, 0.25) is 0 Å². The van der Waals surface area contributed by atoms with Gasteiger partial charge in [0.15, 0.2) is 10.3 Å². The van der Waals surface area contributed by atoms with Gasteiger partial charge in [-0.3, -0.25) is 14.9 Å². The van der Waals surface area contributed by atoms with Crippen LogP contribution >= 0.6 is 22.7 Å². The molecule has 0 bridgehead atoms. The number of carboxylic acids is 1. The summed E-state index contributed by atoms with van der Waals surface area (Å²) in [6.45, 7) is 9.38. The number of anilines is 3. The van der Waals surface area contributed by atoms with Crippen molar-refractivity contribution in [3.63, 3.8) is 0 Å². The molecule has 0 aliphatic rings. The minimum absolute atomic E-state index is 0.0148. The van der Waals surface area contributed by atoms with Crippen LogP contribution < -0.4 is 16.8 Å². The van der Waals surface area contributed by atoms with Crippen LogP contribution in [0.5, 0.6) is 0 Å². The molecule has 4 heterocycles. The maximum atomic E-state index is 12.3. The van der Waals surface area contributed by atoms with E-state index in [0.717, 1.165) is 37.2 Å². The van der Waals surface area contributed by atoms with E-state index in [9.17, 15) is 14.4 Å². The Morgan fingerprint density at radius 1 is 0.700 bits per heavy atom. The van der Waals surface area contributed by atoms with Crippen molar-refractivity contribution in [2.75, 3.05) is 16.8 Å². The second-order valence-corrected chi connectivity index (χ2v) is 16.5. The van der Waals surface area contributed by atoms with E-state index < -0.39 is 17.7 Å². The lowest BCUT2D eigenvalue weighted by atomic mass is 10.1. The Hall–Kier alpha value is -7.05. The number of thiazole rings is 2. The van der Waals surface area contributed by atoms with Gasteiger partial charge in [0.05, 0.1) is 33.3 Å². The van der Waals surface area contributed by atoms with Crippen molar-refractivity contribution in [3.05, 3.63) is 113 Å². The number of Topliss-reactive ketones (excluding diaryl/α,β-unsaturated/α-hetero) is 1. The van der Waals surface area contributed by atoms with Crippen LogP contribution in [0.3, 0.4) is 0 Å². The number of aromatic nitrogens is 6. The molecule has 18 heteroatoms. The van der Waals surface area contributed by atoms with Crippen LogP contribution in [0.4, 0.5) is 21.1 Å². The van der Waals surface area contributed by atoms with Crippen molar-refractivity contribution < 1.29 is 33.1 Å². The second-order valence-electron chi connectivity index (χ2n) is 14.4. The second kappa shape index (κ2) is 18.7. The van der Waals surface area contributed by atoms with Gasteiger partial charge in [0.1, 0.15) is 11.4 Å². The molecule has 0 spiro atoms. The van der Waals surface area contributed by atoms with Crippen LogP contribution in [0.1, 0.15) is 48.9 Å². The first-order valence-electron chi connectivity index (χ1n) is 18.4. The van der Waals surface area contributed by atoms with Gasteiger partial charge in [-0.1, -0.05) is 75.3 Å². The summed E-state index contributed by atoms with van der Waals surface area (Å²) in [6.07, 6.45) is -0.187. The molecular formula is C42H41N9O7S2. The largest absolute Gasteiger partial charge is 0.481 e. The standard InChI is InChI=1S/C19H16N4O2S.C14H16N2O4S.C9H9N3O/c1-11-2-5-13(6-3-11)18-23-22-17(25-18)10-14(24)8-12-4-7-15-16(9-12)26-19(20)21-15;1-14(2,3)20-13(19)16-12-15-9-5-4-8(7-11(17)18)6-10(9)21-12;1-6-2-4-7(5-3-6)8-11-12-9(10)13-8/h2-7,9H,8,10H2,1H3,(H2,20,21);4-6H,7H2,1-3H3,(H,17,18)(H,15,16,19);2-5H,1H3,(H2,10,12). The lowest BCUT2D eigenvalue weighted by molar-refractivity contribution is -0.136. The van der Waals surface area contributed by atoms with Crippen molar-refractivity contribution in [1.29, 1.82) is 0 Å². The third-order valence-electron chi connectivity index (χ3n) is 8.14. The molecule has 0 saturated carbocycles. The molecule has 60 heavy (non-hydrogen) atoms. The number of rotatable bonds is 9. The first kappa shape index (κ1) is 42.6. The van der Waals surface area contributed by atoms with Crippen molar-refractivity contribution in [2.24, 2.45) is 0 Å². The molecule has 8 rings (SSSR count). The number of fused-ring (bicyclic) bond motifs is 2. The van der Waals surface area contributed by atoms with Crippen molar-refractivity contribution in [3.8, 4) is 22.9 Å². The normalized spacial score (nSPS) is 11.0. The van der Waals surface area contributed by atoms with Crippen molar-refractivity contribution in [2.45, 2.75) is 59.5 Å². The number of carbonyl (C=O) groups is 3. The molecule has 0 aliphatic carbocycles. The molecule has 1 amide bonds. The maximum absolute atomic E-state index is 12.3. The van der Waals surface area contributed by atoms with Gasteiger partial charge in [-0.25, -0.2) is 14.8 Å². The average Bonchev–Trinajstić information content (AvgIpc) is 3.98. The van der Waals surface area contributed by atoms with Gasteiger partial charge < -0.3 is 30.1 Å². The monoisotopic (exact) mass is 847 g/mol. The van der Waals surface area contributed by atoms with E-state index >= 15 is 0 Å². The molecular weight excluding hydrogens is 807 g/mol. The predicted molar refractivity (Wildman–Crippen MR) is 231 cm³/mol. The van der Waals surface area contributed by atoms with Crippen LogP contribution in [0.25, 0.3) is 43.3 Å². The third-order valence-corrected chi connectivity index (χ3v) is 9.92. The summed E-state index contributed by atoms with van der Waals surface area (Å²) in [5, 5.41) is 27.7. The number of nitrogen functional groups attached to an aromatic ring is 2. The zero-order chi connectivity index (χ0) is 43.0. The van der Waals surface area contributed by atoms with Crippen molar-refractivity contribution >= 4 is 77.2 Å². The number of amides is 1. The molecule has 16 nitrogen and oxygen atoms in total. The summed E-state index contributed by atoms with van der Waals surface area (Å²) >= 11 is 2.69. The Kier molecular flexibility index (Phi) is 13.3. The SMILES string of the molecule is CC(C)(C)OC(=O)Nc1nc2ccc(CC(=O)O)cc2s1.Cc1ccc(-c2nnc(CC(=O)Cc3ccc4nc(N)sc4c3)o2)cc1.Cc1ccc(-c2nnc(N)o2)cc1. The van der Waals surface area contributed by atoms with Crippen LogP contribution in [0.15, 0.2) is 93.8 Å². The highest BCUT2D eigenvalue weighted by Crippen LogP contribution is 2.28. The van der Waals surface area contributed by atoms with Gasteiger partial charge in [-0.05, 0) is 94.3 Å². The molecule has 0 fully saturated rings. The van der Waals surface area contributed by atoms with Gasteiger partial charge in [-0.2, -0.15) is 0 Å². The van der Waals surface area contributed by atoms with Gasteiger partial charge in [0.2, 0.25) is 17.7 Å². The fraction of sp³-hybridized carbons (Fsp3) is 0.214. The highest BCUT2D eigenvalue weighted by atomic mass is 32.1. The number of ketones is 1. The Balaban J connectivity index is 0.000000159. The topological polar surface area (TPSA) is 248 Å². The summed E-state index contributed by atoms with van der Waals surface area (Å²) in [4.78, 5) is 43.2. The number of hydrogen-bond acceptors (Lipinski definition) is 16. The summed E-state index contributed by atoms with van der Waals surface area (Å²) in [7, 11) is 0. The Morgan fingerprint density at radius 3 is 1.82 bits per heavy atom. The maximum Gasteiger partial charge on any atom is 0.413 e. The highest BCUT2D eigenvalue weighted by molar-refractivity contribution is 7.22. The molecule has 0 atom stereocenters. The fourth-order valence-corrected chi connectivity index (χ4v) is 7.15. The number of aliphatic carboxylic acids is 1. The number of nitrogens with two attached hydrogens (primary N) is 2. The van der Waals surface area contributed by atoms with Gasteiger partial charge in [0, 0.05) is 17.5 Å². The smallest absolute Gasteiger partial charge is 0.413 e. The number of carbonyl (C=O) groups excluding carboxylic acids is 2. The molecule has 0 unspecified atom stereocenters. The van der Waals surface area contributed by atoms with E-state index in [1.807, 2.05) is 80.6 Å². The first-order chi connectivity index (χ1) is 28.5. The summed E-state index contributed by atoms with van der Waals surface area (Å²) < 4.78 is 17.6. The molecule has 0 saturated heterocycles. The molecule has 6 N–H and O–H groups in total. The van der Waals surface area contributed by atoms with E-state index in [1.54, 1.807) is 39.0 Å². The van der Waals surface area contributed by atoms with E-state index in [1.165, 1.54) is 28.2 Å². The van der Waals surface area contributed by atoms with Crippen LogP contribution in [0, 0.1) is 13.8 Å². The van der Waals surface area contributed by atoms with Gasteiger partial charge in [0.25, 0.3) is 0 Å². The number of nitrogens with zero attached hydrogens (tertiary/aromatic N) is 6. The highest BCUT2D eigenvalue weighted by Gasteiger charge is 2.18. The average molecular weight is 848 g/mol. The summed E-state index contributed by atoms with van der Waals surface area (Å²) in [6, 6.07) is 26.6. The molecule has 0 aliphatic heterocycles. The molecule has 308 valence electrons. The van der Waals surface area contributed by atoms with E-state index in [0.29, 0.717) is 45.4 Å². The zero-order valence-electron chi connectivity index (χ0n) is 33.3. The lowest BCUT2D eigenvalue weighted by Gasteiger charge is -2.18. The molecule has 4 aromatic heterocycles. The van der Waals surface area contributed by atoms with Crippen molar-refractivity contribution in [1.82, 2.24) is 30.4 Å². The number of ether oxygens (including phenoxy) is 1.